The molecular weight excluding hydrogens is 414 g/mol. The molecule has 0 saturated carbocycles. The lowest BCUT2D eigenvalue weighted by atomic mass is 10.1. The zero-order valence-electron chi connectivity index (χ0n) is 16.8. The van der Waals surface area contributed by atoms with Crippen molar-refractivity contribution < 1.29 is 4.79 Å². The average Bonchev–Trinajstić information content (AvgIpc) is 3.41. The molecule has 6 heteroatoms. The molecule has 4 aromatic rings. The van der Waals surface area contributed by atoms with Crippen molar-refractivity contribution in [1.82, 2.24) is 14.7 Å². The van der Waals surface area contributed by atoms with Crippen molar-refractivity contribution in [3.05, 3.63) is 81.8 Å². The summed E-state index contributed by atoms with van der Waals surface area (Å²) < 4.78 is 2.07. The van der Waals surface area contributed by atoms with Gasteiger partial charge < -0.3 is 9.72 Å². The molecule has 3 aromatic heterocycles. The molecule has 154 valence electrons. The first-order valence-electron chi connectivity index (χ1n) is 10.2. The number of carbonyl (C=O) groups excluding carboxylic acids is 1. The van der Waals surface area contributed by atoms with Crippen LogP contribution in [0.25, 0.3) is 16.9 Å². The molecule has 3 heterocycles. The molecule has 0 aliphatic heterocycles. The number of thiophene rings is 1. The molecule has 1 aromatic carbocycles. The van der Waals surface area contributed by atoms with Crippen LogP contribution < -0.4 is 5.32 Å². The van der Waals surface area contributed by atoms with Crippen LogP contribution in [0.15, 0.2) is 66.2 Å². The van der Waals surface area contributed by atoms with Gasteiger partial charge in [0.05, 0.1) is 17.4 Å². The van der Waals surface area contributed by atoms with E-state index < -0.39 is 0 Å². The standard InChI is InChI=1S/C24H24ClN3OS/c1-2-6-19(21-7-5-16-30-21)26-23(29)14-13-20-24(17-9-11-18(25)12-10-17)27-22-8-3-4-15-28(20)22/h3-5,7-12,15-16,19H,2,6,13-14H2,1H3,(H,26,29)/t19-/m1/s1. The van der Waals surface area contributed by atoms with Gasteiger partial charge in [-0.25, -0.2) is 4.98 Å². The number of hydrogen-bond acceptors (Lipinski definition) is 3. The first kappa shape index (κ1) is 20.6. The molecule has 0 aliphatic rings. The number of aryl methyl sites for hydroxylation is 1. The molecule has 1 N–H and O–H groups in total. The minimum absolute atomic E-state index is 0.0646. The van der Waals surface area contributed by atoms with E-state index in [4.69, 9.17) is 16.6 Å². The summed E-state index contributed by atoms with van der Waals surface area (Å²) in [7, 11) is 0. The van der Waals surface area contributed by atoms with E-state index in [2.05, 4.69) is 28.1 Å². The first-order chi connectivity index (χ1) is 14.7. The molecule has 0 saturated heterocycles. The van der Waals surface area contributed by atoms with Gasteiger partial charge in [-0.2, -0.15) is 0 Å². The molecular formula is C24H24ClN3OS. The fourth-order valence-electron chi connectivity index (χ4n) is 3.69. The normalized spacial score (nSPS) is 12.2. The van der Waals surface area contributed by atoms with Gasteiger partial charge in [0, 0.05) is 28.1 Å². The second-order valence-corrected chi connectivity index (χ2v) is 8.68. The van der Waals surface area contributed by atoms with Gasteiger partial charge in [-0.05, 0) is 48.6 Å². The van der Waals surface area contributed by atoms with E-state index >= 15 is 0 Å². The number of aromatic nitrogens is 2. The van der Waals surface area contributed by atoms with Crippen molar-refractivity contribution in [3.8, 4) is 11.3 Å². The maximum atomic E-state index is 12.8. The Morgan fingerprint density at radius 1 is 1.17 bits per heavy atom. The predicted molar refractivity (Wildman–Crippen MR) is 124 cm³/mol. The Bertz CT molecular complexity index is 1120. The summed E-state index contributed by atoms with van der Waals surface area (Å²) in [5, 5.41) is 5.97. The molecule has 30 heavy (non-hydrogen) atoms. The van der Waals surface area contributed by atoms with E-state index in [-0.39, 0.29) is 11.9 Å². The number of nitrogens with one attached hydrogen (secondary N) is 1. The number of nitrogens with zero attached hydrogens (tertiary/aromatic N) is 2. The first-order valence-corrected chi connectivity index (χ1v) is 11.5. The number of rotatable bonds is 8. The summed E-state index contributed by atoms with van der Waals surface area (Å²) >= 11 is 7.75. The van der Waals surface area contributed by atoms with Crippen LogP contribution in [0.4, 0.5) is 0 Å². The zero-order valence-corrected chi connectivity index (χ0v) is 18.4. The summed E-state index contributed by atoms with van der Waals surface area (Å²) in [5.74, 6) is 0.0646. The molecule has 4 nitrogen and oxygen atoms in total. The molecule has 0 bridgehead atoms. The third kappa shape index (κ3) is 4.58. The number of carbonyl (C=O) groups is 1. The minimum Gasteiger partial charge on any atom is -0.348 e. The topological polar surface area (TPSA) is 46.4 Å². The van der Waals surface area contributed by atoms with Crippen LogP contribution >= 0.6 is 22.9 Å². The fourth-order valence-corrected chi connectivity index (χ4v) is 4.63. The summed E-state index contributed by atoms with van der Waals surface area (Å²) in [6, 6.07) is 17.8. The number of hydrogen-bond donors (Lipinski definition) is 1. The predicted octanol–water partition coefficient (Wildman–Crippen LogP) is 6.31. The van der Waals surface area contributed by atoms with Crippen molar-refractivity contribution in [2.24, 2.45) is 0 Å². The van der Waals surface area contributed by atoms with Crippen molar-refractivity contribution in [2.75, 3.05) is 0 Å². The minimum atomic E-state index is 0.0646. The largest absolute Gasteiger partial charge is 0.348 e. The maximum Gasteiger partial charge on any atom is 0.220 e. The van der Waals surface area contributed by atoms with Crippen LogP contribution in [0, 0.1) is 0 Å². The van der Waals surface area contributed by atoms with E-state index in [0.717, 1.165) is 35.4 Å². The number of amides is 1. The van der Waals surface area contributed by atoms with Gasteiger partial charge in [0.15, 0.2) is 0 Å². The van der Waals surface area contributed by atoms with E-state index in [1.807, 2.05) is 54.7 Å². The molecule has 0 spiro atoms. The monoisotopic (exact) mass is 437 g/mol. The van der Waals surface area contributed by atoms with Crippen LogP contribution in [-0.4, -0.2) is 15.3 Å². The van der Waals surface area contributed by atoms with Crippen molar-refractivity contribution in [3.63, 3.8) is 0 Å². The Labute approximate surface area is 185 Å². The molecule has 0 aliphatic carbocycles. The number of benzene rings is 1. The van der Waals surface area contributed by atoms with Crippen LogP contribution in [0.1, 0.15) is 42.8 Å². The highest BCUT2D eigenvalue weighted by molar-refractivity contribution is 7.10. The van der Waals surface area contributed by atoms with Crippen molar-refractivity contribution >= 4 is 34.5 Å². The molecule has 0 fully saturated rings. The third-order valence-electron chi connectivity index (χ3n) is 5.13. The van der Waals surface area contributed by atoms with Gasteiger partial charge in [-0.15, -0.1) is 11.3 Å². The van der Waals surface area contributed by atoms with Gasteiger partial charge in [-0.3, -0.25) is 4.79 Å². The van der Waals surface area contributed by atoms with Gasteiger partial charge in [0.1, 0.15) is 5.65 Å². The Morgan fingerprint density at radius 3 is 2.73 bits per heavy atom. The highest BCUT2D eigenvalue weighted by Gasteiger charge is 2.18. The summed E-state index contributed by atoms with van der Waals surface area (Å²) in [5.41, 5.74) is 3.81. The second-order valence-electron chi connectivity index (χ2n) is 7.27. The van der Waals surface area contributed by atoms with Gasteiger partial charge in [0.25, 0.3) is 0 Å². The number of halogens is 1. The number of fused-ring (bicyclic) bond motifs is 1. The van der Waals surface area contributed by atoms with E-state index in [1.165, 1.54) is 4.88 Å². The lowest BCUT2D eigenvalue weighted by Gasteiger charge is -2.17. The summed E-state index contributed by atoms with van der Waals surface area (Å²) in [4.78, 5) is 18.8. The highest BCUT2D eigenvalue weighted by atomic mass is 35.5. The quantitative estimate of drug-likeness (QED) is 0.351. The van der Waals surface area contributed by atoms with Crippen LogP contribution in [0.5, 0.6) is 0 Å². The van der Waals surface area contributed by atoms with Crippen LogP contribution in [0.2, 0.25) is 5.02 Å². The van der Waals surface area contributed by atoms with Crippen LogP contribution in [0.3, 0.4) is 0 Å². The molecule has 1 amide bonds. The van der Waals surface area contributed by atoms with E-state index in [9.17, 15) is 4.79 Å². The molecule has 0 unspecified atom stereocenters. The molecule has 0 radical (unpaired) electrons. The number of imidazole rings is 1. The van der Waals surface area contributed by atoms with Gasteiger partial charge in [-0.1, -0.05) is 49.2 Å². The second kappa shape index (κ2) is 9.45. The van der Waals surface area contributed by atoms with Gasteiger partial charge in [0.2, 0.25) is 5.91 Å². The lowest BCUT2D eigenvalue weighted by Crippen LogP contribution is -2.28. The van der Waals surface area contributed by atoms with Crippen molar-refractivity contribution in [1.29, 1.82) is 0 Å². The average molecular weight is 438 g/mol. The highest BCUT2D eigenvalue weighted by Crippen LogP contribution is 2.27. The third-order valence-corrected chi connectivity index (χ3v) is 6.37. The van der Waals surface area contributed by atoms with Gasteiger partial charge >= 0.3 is 0 Å². The Hall–Kier alpha value is -2.63. The van der Waals surface area contributed by atoms with E-state index in [0.29, 0.717) is 17.9 Å². The molecule has 4 rings (SSSR count). The lowest BCUT2D eigenvalue weighted by molar-refractivity contribution is -0.121. The molecule has 1 atom stereocenters. The smallest absolute Gasteiger partial charge is 0.220 e. The van der Waals surface area contributed by atoms with Crippen molar-refractivity contribution in [2.45, 2.75) is 38.6 Å². The summed E-state index contributed by atoms with van der Waals surface area (Å²) in [6.07, 6.45) is 4.99. The van der Waals surface area contributed by atoms with E-state index in [1.54, 1.807) is 11.3 Å². The SMILES string of the molecule is CCC[C@@H](NC(=O)CCc1c(-c2ccc(Cl)cc2)nc2ccccn12)c1cccs1. The Balaban J connectivity index is 1.55. The number of pyridine rings is 1. The summed E-state index contributed by atoms with van der Waals surface area (Å²) in [6.45, 7) is 2.14. The zero-order chi connectivity index (χ0) is 20.9. The Kier molecular flexibility index (Phi) is 6.50. The van der Waals surface area contributed by atoms with Crippen LogP contribution in [-0.2, 0) is 11.2 Å². The maximum absolute atomic E-state index is 12.8. The Morgan fingerprint density at radius 2 is 2.00 bits per heavy atom. The fraction of sp³-hybridized carbons (Fsp3) is 0.250.